The normalized spacial score (nSPS) is 22.0. The number of H-pyrrole nitrogens is 1. The molecule has 0 saturated carbocycles. The van der Waals surface area contributed by atoms with Crippen LogP contribution in [0.25, 0.3) is 17.5 Å². The zero-order valence-corrected chi connectivity index (χ0v) is 19.1. The van der Waals surface area contributed by atoms with Crippen LogP contribution in [0.1, 0.15) is 19.7 Å². The second-order valence-corrected chi connectivity index (χ2v) is 9.26. The predicted octanol–water partition coefficient (Wildman–Crippen LogP) is 3.15. The molecule has 33 heavy (non-hydrogen) atoms. The quantitative estimate of drug-likeness (QED) is 0.391. The van der Waals surface area contributed by atoms with Gasteiger partial charge in [0.2, 0.25) is 0 Å². The Bertz CT molecular complexity index is 1050. The van der Waals surface area contributed by atoms with Crippen molar-refractivity contribution in [1.82, 2.24) is 24.7 Å². The van der Waals surface area contributed by atoms with Gasteiger partial charge in [-0.1, -0.05) is 6.92 Å². The summed E-state index contributed by atoms with van der Waals surface area (Å²) in [6, 6.07) is 1.63. The van der Waals surface area contributed by atoms with Crippen molar-refractivity contribution in [2.24, 2.45) is 11.8 Å². The van der Waals surface area contributed by atoms with E-state index < -0.39 is 40.4 Å². The van der Waals surface area contributed by atoms with Crippen molar-refractivity contribution in [2.45, 2.75) is 25.7 Å². The van der Waals surface area contributed by atoms with Crippen LogP contribution in [0.5, 0.6) is 0 Å². The smallest absolute Gasteiger partial charge is 0.286 e. The van der Waals surface area contributed by atoms with Gasteiger partial charge in [-0.2, -0.15) is 8.78 Å². The van der Waals surface area contributed by atoms with Crippen molar-refractivity contribution >= 4 is 28.6 Å². The van der Waals surface area contributed by atoms with E-state index in [-0.39, 0.29) is 25.5 Å². The summed E-state index contributed by atoms with van der Waals surface area (Å²) >= 11 is 0. The van der Waals surface area contributed by atoms with Gasteiger partial charge in [-0.3, -0.25) is 5.41 Å². The molecule has 1 fully saturated rings. The van der Waals surface area contributed by atoms with Gasteiger partial charge in [-0.15, -0.1) is 0 Å². The van der Waals surface area contributed by atoms with Crippen molar-refractivity contribution in [1.29, 1.82) is 5.41 Å². The van der Waals surface area contributed by atoms with Crippen LogP contribution in [0.4, 0.5) is 23.4 Å². The summed E-state index contributed by atoms with van der Waals surface area (Å²) in [5.74, 6) is -7.48. The van der Waals surface area contributed by atoms with Gasteiger partial charge in [0.05, 0.1) is 34.5 Å². The zero-order valence-electron chi connectivity index (χ0n) is 18.3. The van der Waals surface area contributed by atoms with E-state index in [0.717, 1.165) is 6.08 Å². The minimum atomic E-state index is -3.25. The molecule has 3 heterocycles. The van der Waals surface area contributed by atoms with Crippen LogP contribution in [0.3, 0.4) is 0 Å². The molecule has 0 radical (unpaired) electrons. The number of imidazole rings is 1. The lowest BCUT2D eigenvalue weighted by Crippen LogP contribution is -2.55. The molecule has 0 amide bonds. The fourth-order valence-electron chi connectivity index (χ4n) is 3.45. The maximum atomic E-state index is 14.7. The van der Waals surface area contributed by atoms with E-state index in [2.05, 4.69) is 24.7 Å². The van der Waals surface area contributed by atoms with Crippen molar-refractivity contribution in [3.05, 3.63) is 30.5 Å². The number of rotatable bonds is 8. The van der Waals surface area contributed by atoms with Crippen LogP contribution >= 0.6 is 0 Å². The molecule has 1 saturated heterocycles. The van der Waals surface area contributed by atoms with Gasteiger partial charge in [0, 0.05) is 44.8 Å². The van der Waals surface area contributed by atoms with E-state index in [4.69, 9.17) is 5.41 Å². The van der Waals surface area contributed by atoms with E-state index in [9.17, 15) is 21.8 Å². The highest BCUT2D eigenvalue weighted by Crippen LogP contribution is 2.39. The van der Waals surface area contributed by atoms with Gasteiger partial charge in [-0.05, 0) is 12.2 Å². The van der Waals surface area contributed by atoms with Gasteiger partial charge in [0.25, 0.3) is 11.8 Å². The minimum absolute atomic E-state index is 0.0162. The Kier molecular flexibility index (Phi) is 7.32. The summed E-state index contributed by atoms with van der Waals surface area (Å²) < 4.78 is 69.5. The summed E-state index contributed by atoms with van der Waals surface area (Å²) in [5.41, 5.74) is 0.0668. The highest BCUT2D eigenvalue weighted by molar-refractivity contribution is 7.82. The highest BCUT2D eigenvalue weighted by atomic mass is 32.2. The van der Waals surface area contributed by atoms with Crippen molar-refractivity contribution in [3.63, 3.8) is 0 Å². The van der Waals surface area contributed by atoms with Crippen LogP contribution in [-0.2, 0) is 11.0 Å². The van der Waals surface area contributed by atoms with Gasteiger partial charge in [0.1, 0.15) is 23.7 Å². The summed E-state index contributed by atoms with van der Waals surface area (Å²) in [7, 11) is -1.40. The lowest BCUT2D eigenvalue weighted by atomic mass is 9.86. The SMILES string of the molecule is C[C@H]1CN(c2cc(-c3cnc(/C=C\C(=N)C(C)(F)F)[nH]3)ncn2)C[C@@H](CNS(C)=O)C1(F)F. The largest absolute Gasteiger partial charge is 0.355 e. The third kappa shape index (κ3) is 6.02. The summed E-state index contributed by atoms with van der Waals surface area (Å²) in [5, 5.41) is 7.34. The van der Waals surface area contributed by atoms with Gasteiger partial charge in [0.15, 0.2) is 0 Å². The molecule has 1 aliphatic heterocycles. The monoisotopic (exact) mass is 487 g/mol. The van der Waals surface area contributed by atoms with E-state index >= 15 is 0 Å². The number of piperidine rings is 1. The molecule has 1 unspecified atom stereocenters. The van der Waals surface area contributed by atoms with Crippen molar-refractivity contribution < 1.29 is 21.8 Å². The molecule has 13 heteroatoms. The van der Waals surface area contributed by atoms with Crippen molar-refractivity contribution in [2.75, 3.05) is 30.8 Å². The molecule has 2 aromatic rings. The predicted molar refractivity (Wildman–Crippen MR) is 119 cm³/mol. The fourth-order valence-corrected chi connectivity index (χ4v) is 3.89. The number of alkyl halides is 4. The Balaban J connectivity index is 1.78. The number of nitrogens with zero attached hydrogens (tertiary/aromatic N) is 4. The Morgan fingerprint density at radius 2 is 2.12 bits per heavy atom. The maximum Gasteiger partial charge on any atom is 0.286 e. The van der Waals surface area contributed by atoms with Gasteiger partial charge >= 0.3 is 0 Å². The number of halogens is 4. The molecule has 1 aliphatic rings. The topological polar surface area (TPSA) is 111 Å². The molecule has 0 bridgehead atoms. The molecule has 180 valence electrons. The van der Waals surface area contributed by atoms with Crippen LogP contribution in [-0.4, -0.2) is 67.6 Å². The Labute approximate surface area is 191 Å². The third-order valence-corrected chi connectivity index (χ3v) is 5.97. The average Bonchev–Trinajstić information content (AvgIpc) is 3.21. The van der Waals surface area contributed by atoms with E-state index in [1.165, 1.54) is 31.8 Å². The summed E-state index contributed by atoms with van der Waals surface area (Å²) in [6.07, 6.45) is 6.37. The lowest BCUT2D eigenvalue weighted by Gasteiger charge is -2.43. The van der Waals surface area contributed by atoms with Crippen LogP contribution in [0.15, 0.2) is 24.7 Å². The second kappa shape index (κ2) is 9.67. The fraction of sp³-hybridized carbons (Fsp3) is 0.500. The first-order chi connectivity index (χ1) is 15.4. The number of allylic oxidation sites excluding steroid dienone is 1. The first-order valence-electron chi connectivity index (χ1n) is 10.1. The molecular formula is C20H25F4N7OS. The molecule has 8 nitrogen and oxygen atoms in total. The van der Waals surface area contributed by atoms with Gasteiger partial charge < -0.3 is 9.88 Å². The van der Waals surface area contributed by atoms with Crippen LogP contribution in [0, 0.1) is 17.2 Å². The third-order valence-electron chi connectivity index (χ3n) is 5.40. The molecule has 0 aliphatic carbocycles. The van der Waals surface area contributed by atoms with Crippen LogP contribution in [0.2, 0.25) is 0 Å². The maximum absolute atomic E-state index is 14.7. The standard InChI is InChI=1S/C20H25F4N7OS/c1-12-9-31(10-13(20(12,23)24)7-29-33(3)32)18-6-14(27-11-28-18)15-8-26-17(30-15)5-4-16(25)19(2,21)22/h4-6,8,11-13,25,29H,7,9-10H2,1-3H3,(H,26,30)/b5-4-,25-16?/t12-,13+,33?/m0/s1. The molecule has 2 aromatic heterocycles. The van der Waals surface area contributed by atoms with Crippen LogP contribution < -0.4 is 9.62 Å². The number of aromatic nitrogens is 4. The van der Waals surface area contributed by atoms with Crippen molar-refractivity contribution in [3.8, 4) is 11.4 Å². The molecule has 3 N–H and O–H groups in total. The first kappa shape index (κ1) is 25.0. The summed E-state index contributed by atoms with van der Waals surface area (Å²) in [6.45, 7) is 2.10. The summed E-state index contributed by atoms with van der Waals surface area (Å²) in [4.78, 5) is 17.1. The number of hydrogen-bond donors (Lipinski definition) is 3. The number of nitrogens with one attached hydrogen (secondary N) is 3. The molecule has 0 spiro atoms. The molecule has 3 rings (SSSR count). The second-order valence-electron chi connectivity index (χ2n) is 8.06. The minimum Gasteiger partial charge on any atom is -0.355 e. The molecular weight excluding hydrogens is 462 g/mol. The molecule has 3 atom stereocenters. The molecule has 0 aromatic carbocycles. The Morgan fingerprint density at radius 1 is 1.39 bits per heavy atom. The first-order valence-corrected chi connectivity index (χ1v) is 11.7. The average molecular weight is 488 g/mol. The number of hydrogen-bond acceptors (Lipinski definition) is 6. The van der Waals surface area contributed by atoms with Gasteiger partial charge in [-0.25, -0.2) is 32.7 Å². The number of anilines is 1. The van der Waals surface area contributed by atoms with E-state index in [0.29, 0.717) is 24.1 Å². The zero-order chi connectivity index (χ0) is 24.4. The Morgan fingerprint density at radius 3 is 2.79 bits per heavy atom. The van der Waals surface area contributed by atoms with E-state index in [1.807, 2.05) is 0 Å². The number of aromatic amines is 1. The Hall–Kier alpha value is -2.67. The lowest BCUT2D eigenvalue weighted by molar-refractivity contribution is -0.108. The van der Waals surface area contributed by atoms with E-state index in [1.54, 1.807) is 11.0 Å². The highest BCUT2D eigenvalue weighted by Gasteiger charge is 2.49.